The minimum atomic E-state index is -3.43. The van der Waals surface area contributed by atoms with Crippen molar-refractivity contribution in [3.05, 3.63) is 54.1 Å². The van der Waals surface area contributed by atoms with Crippen LogP contribution in [0.4, 0.5) is 5.69 Å². The van der Waals surface area contributed by atoms with Gasteiger partial charge in [0.1, 0.15) is 12.4 Å². The van der Waals surface area contributed by atoms with E-state index >= 15 is 0 Å². The Kier molecular flexibility index (Phi) is 4.45. The predicted octanol–water partition coefficient (Wildman–Crippen LogP) is 1.99. The summed E-state index contributed by atoms with van der Waals surface area (Å²) >= 11 is 0. The summed E-state index contributed by atoms with van der Waals surface area (Å²) in [4.78, 5) is 0.178. The van der Waals surface area contributed by atoms with Crippen molar-refractivity contribution in [2.24, 2.45) is 0 Å². The predicted molar refractivity (Wildman–Crippen MR) is 79.6 cm³/mol. The van der Waals surface area contributed by atoms with Gasteiger partial charge in [-0.25, -0.2) is 8.42 Å². The summed E-state index contributed by atoms with van der Waals surface area (Å²) in [5, 5.41) is 8.69. The van der Waals surface area contributed by atoms with E-state index in [4.69, 9.17) is 15.7 Å². The Balaban J connectivity index is 1.99. The highest BCUT2D eigenvalue weighted by molar-refractivity contribution is 7.91. The molecule has 0 fully saturated rings. The summed E-state index contributed by atoms with van der Waals surface area (Å²) in [6.07, 6.45) is 0. The van der Waals surface area contributed by atoms with E-state index in [2.05, 4.69) is 0 Å². The molecule has 0 heterocycles. The van der Waals surface area contributed by atoms with Gasteiger partial charge in [0, 0.05) is 11.8 Å². The standard InChI is InChI=1S/C15H14N2O3S/c16-11-12-4-6-15(7-5-12)21(18,19)9-8-20-14-3-1-2-13(17)10-14/h1-7,10H,8-9,17H2. The average molecular weight is 302 g/mol. The van der Waals surface area contributed by atoms with E-state index in [1.54, 1.807) is 24.3 Å². The Hall–Kier alpha value is -2.52. The van der Waals surface area contributed by atoms with E-state index in [1.165, 1.54) is 24.3 Å². The zero-order valence-corrected chi connectivity index (χ0v) is 12.0. The van der Waals surface area contributed by atoms with Gasteiger partial charge in [-0.3, -0.25) is 0 Å². The third kappa shape index (κ3) is 3.97. The molecule has 0 aliphatic carbocycles. The van der Waals surface area contributed by atoms with Crippen LogP contribution in [0, 0.1) is 11.3 Å². The van der Waals surface area contributed by atoms with Gasteiger partial charge in [-0.05, 0) is 36.4 Å². The summed E-state index contributed by atoms with van der Waals surface area (Å²) in [6, 6.07) is 14.6. The number of nitrogens with zero attached hydrogens (tertiary/aromatic N) is 1. The summed E-state index contributed by atoms with van der Waals surface area (Å²) < 4.78 is 29.6. The van der Waals surface area contributed by atoms with Crippen LogP contribution in [0.25, 0.3) is 0 Å². The van der Waals surface area contributed by atoms with Crippen LogP contribution < -0.4 is 10.5 Å². The molecule has 21 heavy (non-hydrogen) atoms. The number of benzene rings is 2. The molecule has 0 bridgehead atoms. The van der Waals surface area contributed by atoms with Crippen molar-refractivity contribution in [3.8, 4) is 11.8 Å². The summed E-state index contributed by atoms with van der Waals surface area (Å²) in [5.41, 5.74) is 6.59. The Labute approximate surface area is 123 Å². The average Bonchev–Trinajstić information content (AvgIpc) is 2.47. The number of rotatable bonds is 5. The molecule has 0 unspecified atom stereocenters. The van der Waals surface area contributed by atoms with Crippen LogP contribution in [-0.2, 0) is 9.84 Å². The quantitative estimate of drug-likeness (QED) is 0.853. The van der Waals surface area contributed by atoms with Gasteiger partial charge >= 0.3 is 0 Å². The van der Waals surface area contributed by atoms with Crippen molar-refractivity contribution in [2.45, 2.75) is 4.90 Å². The lowest BCUT2D eigenvalue weighted by Crippen LogP contribution is -2.14. The first-order valence-corrected chi connectivity index (χ1v) is 7.88. The minimum absolute atomic E-state index is 0.0335. The molecule has 2 aromatic rings. The van der Waals surface area contributed by atoms with E-state index in [1.807, 2.05) is 6.07 Å². The van der Waals surface area contributed by atoms with Gasteiger partial charge in [-0.2, -0.15) is 5.26 Å². The smallest absolute Gasteiger partial charge is 0.181 e. The van der Waals surface area contributed by atoms with Crippen molar-refractivity contribution < 1.29 is 13.2 Å². The molecule has 0 radical (unpaired) electrons. The molecule has 2 N–H and O–H groups in total. The molecule has 2 aromatic carbocycles. The summed E-state index contributed by atoms with van der Waals surface area (Å²) in [7, 11) is -3.43. The zero-order chi connectivity index (χ0) is 15.3. The third-order valence-corrected chi connectivity index (χ3v) is 4.52. The third-order valence-electron chi connectivity index (χ3n) is 2.82. The van der Waals surface area contributed by atoms with E-state index in [0.29, 0.717) is 17.0 Å². The molecular formula is C15H14N2O3S. The van der Waals surface area contributed by atoms with Gasteiger partial charge in [0.25, 0.3) is 0 Å². The van der Waals surface area contributed by atoms with Gasteiger partial charge in [-0.1, -0.05) is 6.07 Å². The molecule has 0 atom stereocenters. The number of nitriles is 1. The van der Waals surface area contributed by atoms with Gasteiger partial charge in [-0.15, -0.1) is 0 Å². The second-order valence-electron chi connectivity index (χ2n) is 4.38. The van der Waals surface area contributed by atoms with E-state index < -0.39 is 9.84 Å². The van der Waals surface area contributed by atoms with Crippen molar-refractivity contribution >= 4 is 15.5 Å². The zero-order valence-electron chi connectivity index (χ0n) is 11.2. The minimum Gasteiger partial charge on any atom is -0.492 e. The van der Waals surface area contributed by atoms with Crippen LogP contribution in [-0.4, -0.2) is 20.8 Å². The number of ether oxygens (including phenoxy) is 1. The SMILES string of the molecule is N#Cc1ccc(S(=O)(=O)CCOc2cccc(N)c2)cc1. The fourth-order valence-electron chi connectivity index (χ4n) is 1.73. The van der Waals surface area contributed by atoms with E-state index in [-0.39, 0.29) is 17.3 Å². The second kappa shape index (κ2) is 6.29. The molecule has 5 nitrogen and oxygen atoms in total. The van der Waals surface area contributed by atoms with Gasteiger partial charge in [0.15, 0.2) is 9.84 Å². The monoisotopic (exact) mass is 302 g/mol. The van der Waals surface area contributed by atoms with Crippen LogP contribution in [0.2, 0.25) is 0 Å². The number of hydrogen-bond acceptors (Lipinski definition) is 5. The van der Waals surface area contributed by atoms with Crippen LogP contribution in [0.1, 0.15) is 5.56 Å². The van der Waals surface area contributed by atoms with Gasteiger partial charge in [0.05, 0.1) is 22.3 Å². The van der Waals surface area contributed by atoms with Crippen LogP contribution in [0.5, 0.6) is 5.75 Å². The normalized spacial score (nSPS) is 10.8. The van der Waals surface area contributed by atoms with E-state index in [0.717, 1.165) is 0 Å². The molecule has 0 aliphatic rings. The largest absolute Gasteiger partial charge is 0.492 e. The van der Waals surface area contributed by atoms with Crippen molar-refractivity contribution in [2.75, 3.05) is 18.1 Å². The van der Waals surface area contributed by atoms with Crippen molar-refractivity contribution in [1.29, 1.82) is 5.26 Å². The molecule has 0 spiro atoms. The molecule has 0 saturated heterocycles. The maximum Gasteiger partial charge on any atom is 0.181 e. The maximum atomic E-state index is 12.1. The Bertz CT molecular complexity index is 762. The highest BCUT2D eigenvalue weighted by Crippen LogP contribution is 2.16. The van der Waals surface area contributed by atoms with Gasteiger partial charge < -0.3 is 10.5 Å². The molecule has 108 valence electrons. The lowest BCUT2D eigenvalue weighted by molar-refractivity contribution is 0.341. The Morgan fingerprint density at radius 1 is 1.14 bits per heavy atom. The maximum absolute atomic E-state index is 12.1. The number of nitrogen functional groups attached to an aromatic ring is 1. The van der Waals surface area contributed by atoms with Crippen LogP contribution in [0.15, 0.2) is 53.4 Å². The molecule has 2 rings (SSSR count). The molecule has 6 heteroatoms. The van der Waals surface area contributed by atoms with Crippen LogP contribution in [0.3, 0.4) is 0 Å². The van der Waals surface area contributed by atoms with Gasteiger partial charge in [0.2, 0.25) is 0 Å². The second-order valence-corrected chi connectivity index (χ2v) is 6.49. The fourth-order valence-corrected chi connectivity index (χ4v) is 2.82. The molecular weight excluding hydrogens is 288 g/mol. The Morgan fingerprint density at radius 2 is 1.86 bits per heavy atom. The lowest BCUT2D eigenvalue weighted by Gasteiger charge is -2.08. The van der Waals surface area contributed by atoms with Crippen molar-refractivity contribution in [3.63, 3.8) is 0 Å². The van der Waals surface area contributed by atoms with Crippen molar-refractivity contribution in [1.82, 2.24) is 0 Å². The molecule has 0 amide bonds. The van der Waals surface area contributed by atoms with Crippen LogP contribution >= 0.6 is 0 Å². The summed E-state index contributed by atoms with van der Waals surface area (Å²) in [5.74, 6) is 0.387. The first-order chi connectivity index (χ1) is 10.0. The number of anilines is 1. The molecule has 0 saturated carbocycles. The summed E-state index contributed by atoms with van der Waals surface area (Å²) in [6.45, 7) is 0.0335. The highest BCUT2D eigenvalue weighted by Gasteiger charge is 2.14. The Morgan fingerprint density at radius 3 is 2.48 bits per heavy atom. The topological polar surface area (TPSA) is 93.2 Å². The van der Waals surface area contributed by atoms with E-state index in [9.17, 15) is 8.42 Å². The lowest BCUT2D eigenvalue weighted by atomic mass is 10.2. The molecule has 0 aliphatic heterocycles. The number of sulfone groups is 1. The number of hydrogen-bond donors (Lipinski definition) is 1. The first-order valence-electron chi connectivity index (χ1n) is 6.22. The first kappa shape index (κ1) is 14.9. The highest BCUT2D eigenvalue weighted by atomic mass is 32.2. The molecule has 0 aromatic heterocycles. The number of nitrogens with two attached hydrogens (primary N) is 1. The fraction of sp³-hybridized carbons (Fsp3) is 0.133.